The molecule has 0 aliphatic carbocycles. The molecular weight excluding hydrogens is 228 g/mol. The Morgan fingerprint density at radius 1 is 1.44 bits per heavy atom. The van der Waals surface area contributed by atoms with Gasteiger partial charge in [-0.25, -0.2) is 14.6 Å². The largest absolute Gasteiger partial charge is 0.382 e. The predicted molar refractivity (Wildman–Crippen MR) is 59.9 cm³/mol. The smallest absolute Gasteiger partial charge is 0.183 e. The topological polar surface area (TPSA) is 93.5 Å². The van der Waals surface area contributed by atoms with Gasteiger partial charge < -0.3 is 5.73 Å². The minimum atomic E-state index is -0.160. The molecular formula is C9H9ClN6. The van der Waals surface area contributed by atoms with Crippen LogP contribution in [0.2, 0.25) is 5.02 Å². The van der Waals surface area contributed by atoms with Gasteiger partial charge in [0.25, 0.3) is 0 Å². The summed E-state index contributed by atoms with van der Waals surface area (Å²) < 4.78 is 1.46. The van der Waals surface area contributed by atoms with Gasteiger partial charge in [0.15, 0.2) is 5.82 Å². The first kappa shape index (κ1) is 10.6. The van der Waals surface area contributed by atoms with E-state index in [-0.39, 0.29) is 11.5 Å². The molecule has 16 heavy (non-hydrogen) atoms. The molecule has 0 fully saturated rings. The van der Waals surface area contributed by atoms with Crippen LogP contribution in [0.15, 0.2) is 18.6 Å². The molecule has 0 saturated heterocycles. The van der Waals surface area contributed by atoms with Crippen LogP contribution in [0.25, 0.3) is 5.82 Å². The molecule has 0 aliphatic rings. The first-order chi connectivity index (χ1) is 7.59. The minimum Gasteiger partial charge on any atom is -0.382 e. The first-order valence-corrected chi connectivity index (χ1v) is 4.85. The van der Waals surface area contributed by atoms with Crippen LogP contribution in [0.1, 0.15) is 11.4 Å². The van der Waals surface area contributed by atoms with Gasteiger partial charge in [-0.2, -0.15) is 5.10 Å². The third kappa shape index (κ3) is 1.74. The second kappa shape index (κ2) is 3.90. The van der Waals surface area contributed by atoms with Gasteiger partial charge in [-0.1, -0.05) is 11.6 Å². The van der Waals surface area contributed by atoms with Crippen molar-refractivity contribution in [1.29, 1.82) is 5.41 Å². The summed E-state index contributed by atoms with van der Waals surface area (Å²) in [6.07, 6.45) is 4.58. The van der Waals surface area contributed by atoms with Crippen LogP contribution in [0, 0.1) is 12.3 Å². The number of aromatic nitrogens is 4. The van der Waals surface area contributed by atoms with Crippen molar-refractivity contribution in [2.24, 2.45) is 5.73 Å². The van der Waals surface area contributed by atoms with Crippen LogP contribution in [0.4, 0.5) is 0 Å². The first-order valence-electron chi connectivity index (χ1n) is 4.47. The van der Waals surface area contributed by atoms with Crippen molar-refractivity contribution in [3.63, 3.8) is 0 Å². The number of nitrogen functional groups attached to an aromatic ring is 1. The van der Waals surface area contributed by atoms with E-state index in [2.05, 4.69) is 15.1 Å². The molecule has 0 aromatic carbocycles. The van der Waals surface area contributed by atoms with Crippen LogP contribution in [0.5, 0.6) is 0 Å². The maximum Gasteiger partial charge on any atom is 0.183 e. The van der Waals surface area contributed by atoms with E-state index in [1.54, 1.807) is 13.1 Å². The van der Waals surface area contributed by atoms with E-state index in [0.717, 1.165) is 0 Å². The molecule has 7 heteroatoms. The third-order valence-corrected chi connectivity index (χ3v) is 2.36. The fraction of sp³-hybridized carbons (Fsp3) is 0.111. The van der Waals surface area contributed by atoms with E-state index in [1.807, 2.05) is 0 Å². The lowest BCUT2D eigenvalue weighted by Crippen LogP contribution is -2.18. The molecule has 82 valence electrons. The van der Waals surface area contributed by atoms with Gasteiger partial charge in [0.2, 0.25) is 0 Å². The Bertz CT molecular complexity index is 527. The monoisotopic (exact) mass is 236 g/mol. The van der Waals surface area contributed by atoms with E-state index in [4.69, 9.17) is 22.7 Å². The molecule has 0 bridgehead atoms. The van der Waals surface area contributed by atoms with E-state index in [1.165, 1.54) is 17.1 Å². The van der Waals surface area contributed by atoms with E-state index in [9.17, 15) is 0 Å². The highest BCUT2D eigenvalue weighted by atomic mass is 35.5. The molecule has 2 aromatic rings. The van der Waals surface area contributed by atoms with Crippen molar-refractivity contribution in [1.82, 2.24) is 19.7 Å². The Labute approximate surface area is 96.6 Å². The minimum absolute atomic E-state index is 0.160. The molecule has 0 spiro atoms. The van der Waals surface area contributed by atoms with Crippen LogP contribution in [-0.4, -0.2) is 25.6 Å². The Morgan fingerprint density at radius 3 is 2.69 bits per heavy atom. The molecule has 0 aliphatic heterocycles. The van der Waals surface area contributed by atoms with Gasteiger partial charge in [0, 0.05) is 12.4 Å². The predicted octanol–water partition coefficient (Wildman–Crippen LogP) is 0.908. The zero-order chi connectivity index (χ0) is 11.7. The van der Waals surface area contributed by atoms with Crippen LogP contribution >= 0.6 is 11.6 Å². The Hall–Kier alpha value is -1.95. The molecule has 0 radical (unpaired) electrons. The zero-order valence-electron chi connectivity index (χ0n) is 8.48. The molecule has 2 aromatic heterocycles. The number of nitrogens with one attached hydrogen (secondary N) is 1. The lowest BCUT2D eigenvalue weighted by atomic mass is 10.4. The van der Waals surface area contributed by atoms with Gasteiger partial charge in [-0.05, 0) is 6.92 Å². The summed E-state index contributed by atoms with van der Waals surface area (Å²) in [6.45, 7) is 1.78. The standard InChI is InChI=1S/C9H9ClN6/c1-5-6(10)4-16(15-5)9-7(8(11)12)13-2-3-14-9/h2-4H,1H3,(H3,11,12). The van der Waals surface area contributed by atoms with Crippen LogP contribution in [0.3, 0.4) is 0 Å². The highest BCUT2D eigenvalue weighted by molar-refractivity contribution is 6.31. The summed E-state index contributed by atoms with van der Waals surface area (Å²) >= 11 is 5.89. The van der Waals surface area contributed by atoms with Crippen molar-refractivity contribution in [3.05, 3.63) is 35.0 Å². The van der Waals surface area contributed by atoms with Crippen molar-refractivity contribution < 1.29 is 0 Å². The number of hydrogen-bond donors (Lipinski definition) is 2. The van der Waals surface area contributed by atoms with Crippen LogP contribution < -0.4 is 5.73 Å². The third-order valence-electron chi connectivity index (χ3n) is 1.99. The number of halogens is 1. The quantitative estimate of drug-likeness (QED) is 0.599. The molecule has 0 amide bonds. The Kier molecular flexibility index (Phi) is 2.57. The fourth-order valence-corrected chi connectivity index (χ4v) is 1.37. The number of nitrogens with two attached hydrogens (primary N) is 1. The van der Waals surface area contributed by atoms with Crippen molar-refractivity contribution in [3.8, 4) is 5.82 Å². The van der Waals surface area contributed by atoms with Gasteiger partial charge in [0.05, 0.1) is 16.9 Å². The summed E-state index contributed by atoms with van der Waals surface area (Å²) in [4.78, 5) is 8.06. The average molecular weight is 237 g/mol. The maximum atomic E-state index is 7.39. The van der Waals surface area contributed by atoms with Crippen molar-refractivity contribution >= 4 is 17.4 Å². The molecule has 6 nitrogen and oxygen atoms in total. The molecule has 2 rings (SSSR count). The van der Waals surface area contributed by atoms with E-state index in [0.29, 0.717) is 16.5 Å². The summed E-state index contributed by atoms with van der Waals surface area (Å²) in [5, 5.41) is 12.1. The lowest BCUT2D eigenvalue weighted by Gasteiger charge is -2.04. The van der Waals surface area contributed by atoms with E-state index < -0.39 is 0 Å². The Morgan fingerprint density at radius 2 is 2.12 bits per heavy atom. The van der Waals surface area contributed by atoms with Gasteiger partial charge in [-0.3, -0.25) is 5.41 Å². The summed E-state index contributed by atoms with van der Waals surface area (Å²) in [5.41, 5.74) is 6.37. The van der Waals surface area contributed by atoms with Crippen LogP contribution in [-0.2, 0) is 0 Å². The normalized spacial score (nSPS) is 10.4. The highest BCUT2D eigenvalue weighted by Gasteiger charge is 2.12. The zero-order valence-corrected chi connectivity index (χ0v) is 9.23. The van der Waals surface area contributed by atoms with Crippen molar-refractivity contribution in [2.75, 3.05) is 0 Å². The van der Waals surface area contributed by atoms with E-state index >= 15 is 0 Å². The molecule has 2 heterocycles. The highest BCUT2D eigenvalue weighted by Crippen LogP contribution is 2.16. The maximum absolute atomic E-state index is 7.39. The number of aryl methyl sites for hydroxylation is 1. The molecule has 3 N–H and O–H groups in total. The molecule has 0 atom stereocenters. The average Bonchev–Trinajstić information content (AvgIpc) is 2.59. The fourth-order valence-electron chi connectivity index (χ4n) is 1.24. The number of nitrogens with zero attached hydrogens (tertiary/aromatic N) is 4. The van der Waals surface area contributed by atoms with Gasteiger partial charge in [-0.15, -0.1) is 0 Å². The Balaban J connectivity index is 2.59. The SMILES string of the molecule is Cc1nn(-c2nccnc2C(=N)N)cc1Cl. The molecule has 0 saturated carbocycles. The summed E-state index contributed by atoms with van der Waals surface area (Å²) in [6, 6.07) is 0. The summed E-state index contributed by atoms with van der Waals surface area (Å²) in [7, 11) is 0. The van der Waals surface area contributed by atoms with Crippen molar-refractivity contribution in [2.45, 2.75) is 6.92 Å². The van der Waals surface area contributed by atoms with Gasteiger partial charge >= 0.3 is 0 Å². The van der Waals surface area contributed by atoms with Gasteiger partial charge in [0.1, 0.15) is 11.5 Å². The second-order valence-electron chi connectivity index (χ2n) is 3.15. The second-order valence-corrected chi connectivity index (χ2v) is 3.56. The number of hydrogen-bond acceptors (Lipinski definition) is 4. The summed E-state index contributed by atoms with van der Waals surface area (Å²) in [5.74, 6) is 0.234. The molecule has 0 unspecified atom stereocenters. The number of rotatable bonds is 2. The number of amidine groups is 1. The lowest BCUT2D eigenvalue weighted by molar-refractivity contribution is 0.820.